The van der Waals surface area contributed by atoms with E-state index in [-0.39, 0.29) is 0 Å². The van der Waals surface area contributed by atoms with Gasteiger partial charge in [0.05, 0.1) is 0 Å². The summed E-state index contributed by atoms with van der Waals surface area (Å²) in [5.74, 6) is 2.81. The highest BCUT2D eigenvalue weighted by Gasteiger charge is 2.22. The van der Waals surface area contributed by atoms with Crippen LogP contribution in [0, 0.1) is 11.8 Å². The van der Waals surface area contributed by atoms with Crippen LogP contribution in [-0.2, 0) is 0 Å². The molecule has 0 aliphatic carbocycles. The molecule has 2 aliphatic rings. The number of rotatable bonds is 3. The molecule has 0 amide bonds. The van der Waals surface area contributed by atoms with Gasteiger partial charge in [-0.15, -0.1) is 0 Å². The van der Waals surface area contributed by atoms with E-state index < -0.39 is 0 Å². The molecule has 2 N–H and O–H groups in total. The number of nitrogens with two attached hydrogens (primary N) is 1. The third-order valence-electron chi connectivity index (χ3n) is 4.85. The maximum absolute atomic E-state index is 6.21. The molecule has 0 bridgehead atoms. The van der Waals surface area contributed by atoms with Crippen molar-refractivity contribution < 1.29 is 0 Å². The molecule has 6 heteroatoms. The second kappa shape index (κ2) is 7.62. The molecular formula is C17H28N6. The quantitative estimate of drug-likeness (QED) is 0.679. The molecule has 2 aliphatic heterocycles. The minimum Gasteiger partial charge on any atom is -0.370 e. The molecule has 0 radical (unpaired) electrons. The highest BCUT2D eigenvalue weighted by atomic mass is 15.3. The summed E-state index contributed by atoms with van der Waals surface area (Å²) in [5.41, 5.74) is 6.21. The van der Waals surface area contributed by atoms with Crippen LogP contribution in [0.15, 0.2) is 23.5 Å². The Bertz CT molecular complexity index is 517. The van der Waals surface area contributed by atoms with Gasteiger partial charge in [-0.2, -0.15) is 0 Å². The van der Waals surface area contributed by atoms with Gasteiger partial charge in [-0.25, -0.2) is 9.97 Å². The Morgan fingerprint density at radius 2 is 2.00 bits per heavy atom. The van der Waals surface area contributed by atoms with Gasteiger partial charge in [-0.05, 0) is 43.6 Å². The van der Waals surface area contributed by atoms with Gasteiger partial charge in [0.2, 0.25) is 5.95 Å². The van der Waals surface area contributed by atoms with Crippen LogP contribution in [0.4, 0.5) is 5.95 Å². The average molecular weight is 316 g/mol. The molecule has 0 saturated carbocycles. The number of aliphatic imine (C=N–C) groups is 1. The minimum absolute atomic E-state index is 0.535. The summed E-state index contributed by atoms with van der Waals surface area (Å²) in [6.07, 6.45) is 8.51. The summed E-state index contributed by atoms with van der Waals surface area (Å²) in [6, 6.07) is 1.86. The van der Waals surface area contributed by atoms with Crippen molar-refractivity contribution in [3.05, 3.63) is 18.5 Å². The highest BCUT2D eigenvalue weighted by molar-refractivity contribution is 5.78. The zero-order valence-corrected chi connectivity index (χ0v) is 14.1. The number of nitrogens with zero attached hydrogens (tertiary/aromatic N) is 5. The predicted molar refractivity (Wildman–Crippen MR) is 93.4 cm³/mol. The first-order valence-electron chi connectivity index (χ1n) is 8.79. The third-order valence-corrected chi connectivity index (χ3v) is 4.85. The molecule has 1 aromatic heterocycles. The first-order valence-corrected chi connectivity index (χ1v) is 8.79. The van der Waals surface area contributed by atoms with Crippen molar-refractivity contribution in [3.63, 3.8) is 0 Å². The van der Waals surface area contributed by atoms with E-state index in [0.29, 0.717) is 5.92 Å². The Labute approximate surface area is 138 Å². The summed E-state index contributed by atoms with van der Waals surface area (Å²) in [4.78, 5) is 17.9. The Hall–Kier alpha value is -1.85. The lowest BCUT2D eigenvalue weighted by atomic mass is 9.98. The Balaban J connectivity index is 1.54. The van der Waals surface area contributed by atoms with Crippen LogP contribution >= 0.6 is 0 Å². The van der Waals surface area contributed by atoms with Gasteiger partial charge in [-0.1, -0.05) is 6.92 Å². The summed E-state index contributed by atoms with van der Waals surface area (Å²) in [6.45, 7) is 7.19. The number of anilines is 1. The molecule has 0 aromatic carbocycles. The third kappa shape index (κ3) is 4.33. The fourth-order valence-corrected chi connectivity index (χ4v) is 3.57. The van der Waals surface area contributed by atoms with Gasteiger partial charge in [0.25, 0.3) is 0 Å². The molecule has 0 spiro atoms. The van der Waals surface area contributed by atoms with Crippen LogP contribution in [0.3, 0.4) is 0 Å². The van der Waals surface area contributed by atoms with Gasteiger partial charge in [0.15, 0.2) is 5.96 Å². The van der Waals surface area contributed by atoms with Crippen molar-refractivity contribution in [2.45, 2.75) is 32.6 Å². The number of guanidine groups is 1. The summed E-state index contributed by atoms with van der Waals surface area (Å²) < 4.78 is 0. The van der Waals surface area contributed by atoms with Gasteiger partial charge < -0.3 is 15.5 Å². The molecule has 23 heavy (non-hydrogen) atoms. The molecule has 3 rings (SSSR count). The monoisotopic (exact) mass is 316 g/mol. The predicted octanol–water partition coefficient (Wildman–Crippen LogP) is 1.74. The van der Waals surface area contributed by atoms with E-state index in [1.165, 1.54) is 25.7 Å². The molecular weight excluding hydrogens is 288 g/mol. The van der Waals surface area contributed by atoms with Crippen LogP contribution in [-0.4, -0.2) is 53.6 Å². The maximum Gasteiger partial charge on any atom is 0.225 e. The lowest BCUT2D eigenvalue weighted by molar-refractivity contribution is 0.269. The largest absolute Gasteiger partial charge is 0.370 e. The summed E-state index contributed by atoms with van der Waals surface area (Å²) in [5, 5.41) is 0. The van der Waals surface area contributed by atoms with Gasteiger partial charge in [0.1, 0.15) is 0 Å². The van der Waals surface area contributed by atoms with E-state index >= 15 is 0 Å². The molecule has 126 valence electrons. The maximum atomic E-state index is 6.21. The normalized spacial score (nSPS) is 26.4. The number of piperidine rings is 2. The topological polar surface area (TPSA) is 70.6 Å². The SMILES string of the molecule is C[C@H]1CCCN(C(N)=NC[C@@H]2CCCN(c3ncccn3)C2)C1. The van der Waals surface area contributed by atoms with E-state index in [2.05, 4.69) is 31.7 Å². The Morgan fingerprint density at radius 3 is 2.78 bits per heavy atom. The molecule has 2 saturated heterocycles. The van der Waals surface area contributed by atoms with Crippen LogP contribution in [0.2, 0.25) is 0 Å². The number of aromatic nitrogens is 2. The summed E-state index contributed by atoms with van der Waals surface area (Å²) in [7, 11) is 0. The molecule has 3 heterocycles. The van der Waals surface area contributed by atoms with Crippen molar-refractivity contribution in [2.75, 3.05) is 37.6 Å². The molecule has 6 nitrogen and oxygen atoms in total. The van der Waals surface area contributed by atoms with E-state index in [9.17, 15) is 0 Å². The molecule has 2 fully saturated rings. The van der Waals surface area contributed by atoms with Crippen LogP contribution in [0.1, 0.15) is 32.6 Å². The summed E-state index contributed by atoms with van der Waals surface area (Å²) >= 11 is 0. The zero-order valence-electron chi connectivity index (χ0n) is 14.1. The van der Waals surface area contributed by atoms with Crippen molar-refractivity contribution in [3.8, 4) is 0 Å². The van der Waals surface area contributed by atoms with Crippen LogP contribution < -0.4 is 10.6 Å². The molecule has 0 unspecified atom stereocenters. The van der Waals surface area contributed by atoms with Crippen LogP contribution in [0.5, 0.6) is 0 Å². The highest BCUT2D eigenvalue weighted by Crippen LogP contribution is 2.20. The van der Waals surface area contributed by atoms with Gasteiger partial charge in [0, 0.05) is 45.1 Å². The van der Waals surface area contributed by atoms with E-state index in [1.54, 1.807) is 12.4 Å². The second-order valence-electron chi connectivity index (χ2n) is 6.90. The number of hydrogen-bond donors (Lipinski definition) is 1. The van der Waals surface area contributed by atoms with Gasteiger partial charge >= 0.3 is 0 Å². The van der Waals surface area contributed by atoms with E-state index in [1.807, 2.05) is 6.07 Å². The molecule has 1 aromatic rings. The lowest BCUT2D eigenvalue weighted by Gasteiger charge is -2.33. The molecule has 2 atom stereocenters. The lowest BCUT2D eigenvalue weighted by Crippen LogP contribution is -2.44. The Kier molecular flexibility index (Phi) is 5.31. The standard InChI is InChI=1S/C17H28N6/c1-14-5-2-9-22(12-14)16(18)21-11-15-6-3-10-23(13-15)17-19-7-4-8-20-17/h4,7-8,14-15H,2-3,5-6,9-13H2,1H3,(H2,18,21)/t14-,15-/m0/s1. The van der Waals surface area contributed by atoms with Crippen molar-refractivity contribution in [2.24, 2.45) is 22.6 Å². The average Bonchev–Trinajstić information content (AvgIpc) is 2.61. The number of hydrogen-bond acceptors (Lipinski definition) is 4. The fraction of sp³-hybridized carbons (Fsp3) is 0.706. The van der Waals surface area contributed by atoms with Gasteiger partial charge in [-0.3, -0.25) is 4.99 Å². The first-order chi connectivity index (χ1) is 11.2. The smallest absolute Gasteiger partial charge is 0.225 e. The van der Waals surface area contributed by atoms with Crippen molar-refractivity contribution in [1.82, 2.24) is 14.9 Å². The fourth-order valence-electron chi connectivity index (χ4n) is 3.57. The van der Waals surface area contributed by atoms with Crippen molar-refractivity contribution in [1.29, 1.82) is 0 Å². The Morgan fingerprint density at radius 1 is 1.22 bits per heavy atom. The minimum atomic E-state index is 0.535. The first kappa shape index (κ1) is 16.0. The van der Waals surface area contributed by atoms with E-state index in [4.69, 9.17) is 5.73 Å². The number of likely N-dealkylation sites (tertiary alicyclic amines) is 1. The van der Waals surface area contributed by atoms with E-state index in [0.717, 1.165) is 50.5 Å². The van der Waals surface area contributed by atoms with Crippen LogP contribution in [0.25, 0.3) is 0 Å². The second-order valence-corrected chi connectivity index (χ2v) is 6.90. The van der Waals surface area contributed by atoms with Crippen molar-refractivity contribution >= 4 is 11.9 Å². The zero-order chi connectivity index (χ0) is 16.1.